The number of hydrogen-bond acceptors (Lipinski definition) is 3. The zero-order valence-electron chi connectivity index (χ0n) is 22.1. The summed E-state index contributed by atoms with van der Waals surface area (Å²) in [7, 11) is 0. The summed E-state index contributed by atoms with van der Waals surface area (Å²) in [6.07, 6.45) is 0. The molecular formula is C36H30BiN3. The van der Waals surface area contributed by atoms with Gasteiger partial charge in [-0.2, -0.15) is 0 Å². The van der Waals surface area contributed by atoms with Gasteiger partial charge in [-0.3, -0.25) is 0 Å². The summed E-state index contributed by atoms with van der Waals surface area (Å²) in [5.41, 5.74) is 7.08. The summed E-state index contributed by atoms with van der Waals surface area (Å²) >= 11 is -3.43. The first kappa shape index (κ1) is 25.9. The van der Waals surface area contributed by atoms with Crippen LogP contribution in [0.1, 0.15) is 0 Å². The fourth-order valence-electron chi connectivity index (χ4n) is 4.75. The summed E-state index contributed by atoms with van der Waals surface area (Å²) in [5.74, 6) is 0. The average molecular weight is 714 g/mol. The van der Waals surface area contributed by atoms with E-state index in [0.717, 1.165) is 0 Å². The summed E-state index contributed by atoms with van der Waals surface area (Å²) in [6, 6.07) is 65.0. The Morgan fingerprint density at radius 3 is 0.525 bits per heavy atom. The number of rotatable bonds is 9. The maximum absolute atomic E-state index is 3.43. The number of hydrogen-bond donors (Lipinski definition) is 0. The molecule has 0 heterocycles. The molecule has 0 aliphatic carbocycles. The molecule has 6 aromatic rings. The van der Waals surface area contributed by atoms with E-state index in [1.807, 2.05) is 0 Å². The zero-order valence-corrected chi connectivity index (χ0v) is 25.6. The van der Waals surface area contributed by atoms with Crippen LogP contribution in [0.5, 0.6) is 0 Å². The van der Waals surface area contributed by atoms with E-state index in [0.29, 0.717) is 0 Å². The van der Waals surface area contributed by atoms with Crippen molar-refractivity contribution in [3.8, 4) is 0 Å². The number of anilines is 6. The van der Waals surface area contributed by atoms with Gasteiger partial charge in [0.2, 0.25) is 0 Å². The standard InChI is InChI=1S/3C12H10N.Bi/c3*1-3-7-11(8-4-1)13-12-9-5-2-6-10-12;/h3*1-10H;/q3*-1;+3. The van der Waals surface area contributed by atoms with E-state index in [1.165, 1.54) is 34.1 Å². The van der Waals surface area contributed by atoms with Crippen LogP contribution in [0.15, 0.2) is 182 Å². The molecular weight excluding hydrogens is 683 g/mol. The van der Waals surface area contributed by atoms with E-state index < -0.39 is 22.6 Å². The zero-order chi connectivity index (χ0) is 27.0. The Bertz CT molecular complexity index is 1270. The van der Waals surface area contributed by atoms with Crippen molar-refractivity contribution in [3.63, 3.8) is 0 Å². The Kier molecular flexibility index (Phi) is 8.17. The van der Waals surface area contributed by atoms with Gasteiger partial charge >= 0.3 is 247 Å². The first-order valence-corrected chi connectivity index (χ1v) is 18.1. The van der Waals surface area contributed by atoms with Crippen LogP contribution in [0.25, 0.3) is 0 Å². The van der Waals surface area contributed by atoms with Crippen molar-refractivity contribution >= 4 is 56.7 Å². The topological polar surface area (TPSA) is 9.72 Å². The molecule has 0 atom stereocenters. The molecule has 0 aliphatic heterocycles. The van der Waals surface area contributed by atoms with E-state index >= 15 is 0 Å². The van der Waals surface area contributed by atoms with Gasteiger partial charge in [0.05, 0.1) is 0 Å². The van der Waals surface area contributed by atoms with Crippen LogP contribution < -0.4 is 8.53 Å². The van der Waals surface area contributed by atoms with Crippen LogP contribution in [-0.4, -0.2) is 22.6 Å². The van der Waals surface area contributed by atoms with Gasteiger partial charge in [-0.15, -0.1) is 0 Å². The minimum absolute atomic E-state index is 1.18. The Balaban J connectivity index is 1.69. The molecule has 0 amide bonds. The summed E-state index contributed by atoms with van der Waals surface area (Å²) in [6.45, 7) is 0. The van der Waals surface area contributed by atoms with Crippen molar-refractivity contribution in [1.29, 1.82) is 0 Å². The van der Waals surface area contributed by atoms with Crippen molar-refractivity contribution in [2.75, 3.05) is 8.53 Å². The van der Waals surface area contributed by atoms with Crippen LogP contribution in [-0.2, 0) is 0 Å². The second kappa shape index (κ2) is 12.6. The number of para-hydroxylation sites is 6. The number of benzene rings is 6. The average Bonchev–Trinajstić information content (AvgIpc) is 3.04. The van der Waals surface area contributed by atoms with Crippen LogP contribution in [0.4, 0.5) is 34.1 Å². The van der Waals surface area contributed by atoms with E-state index in [9.17, 15) is 0 Å². The van der Waals surface area contributed by atoms with Crippen molar-refractivity contribution < 1.29 is 0 Å². The normalized spacial score (nSPS) is 10.7. The van der Waals surface area contributed by atoms with Gasteiger partial charge in [-0.1, -0.05) is 0 Å². The summed E-state index contributed by atoms with van der Waals surface area (Å²) in [5, 5.41) is 0. The Labute approximate surface area is 246 Å². The quantitative estimate of drug-likeness (QED) is 0.138. The van der Waals surface area contributed by atoms with Gasteiger partial charge in [0.25, 0.3) is 0 Å². The van der Waals surface area contributed by atoms with Gasteiger partial charge in [0, 0.05) is 0 Å². The van der Waals surface area contributed by atoms with Gasteiger partial charge in [0.1, 0.15) is 0 Å². The molecule has 0 N–H and O–H groups in total. The molecule has 0 unspecified atom stereocenters. The molecule has 0 saturated carbocycles. The molecule has 6 rings (SSSR count). The molecule has 0 fully saturated rings. The first-order valence-electron chi connectivity index (χ1n) is 13.4. The summed E-state index contributed by atoms with van der Waals surface area (Å²) in [4.78, 5) is 0. The number of nitrogens with zero attached hydrogens (tertiary/aromatic N) is 3. The molecule has 40 heavy (non-hydrogen) atoms. The minimum atomic E-state index is -3.43. The van der Waals surface area contributed by atoms with Crippen LogP contribution in [0.2, 0.25) is 0 Å². The Hall–Kier alpha value is -4.40. The van der Waals surface area contributed by atoms with Crippen molar-refractivity contribution in [1.82, 2.24) is 0 Å². The third-order valence-electron chi connectivity index (χ3n) is 6.54. The van der Waals surface area contributed by atoms with E-state index in [-0.39, 0.29) is 0 Å². The third kappa shape index (κ3) is 5.64. The van der Waals surface area contributed by atoms with Gasteiger partial charge in [-0.05, 0) is 0 Å². The predicted octanol–water partition coefficient (Wildman–Crippen LogP) is 9.49. The Morgan fingerprint density at radius 1 is 0.225 bits per heavy atom. The fraction of sp³-hybridized carbons (Fsp3) is 0. The van der Waals surface area contributed by atoms with E-state index in [1.54, 1.807) is 0 Å². The van der Waals surface area contributed by atoms with E-state index in [4.69, 9.17) is 0 Å². The van der Waals surface area contributed by atoms with Gasteiger partial charge < -0.3 is 0 Å². The second-order valence-electron chi connectivity index (χ2n) is 9.22. The molecule has 0 radical (unpaired) electrons. The van der Waals surface area contributed by atoms with Crippen LogP contribution >= 0.6 is 0 Å². The van der Waals surface area contributed by atoms with Crippen molar-refractivity contribution in [2.45, 2.75) is 0 Å². The molecule has 0 aliphatic rings. The molecule has 6 aromatic carbocycles. The van der Waals surface area contributed by atoms with E-state index in [2.05, 4.69) is 191 Å². The molecule has 0 bridgehead atoms. The van der Waals surface area contributed by atoms with Gasteiger partial charge in [-0.25, -0.2) is 0 Å². The van der Waals surface area contributed by atoms with Crippen molar-refractivity contribution in [3.05, 3.63) is 182 Å². The molecule has 4 heteroatoms. The maximum atomic E-state index is 2.62. The molecule has 0 saturated heterocycles. The predicted molar refractivity (Wildman–Crippen MR) is 171 cm³/mol. The second-order valence-corrected chi connectivity index (χ2v) is 16.0. The van der Waals surface area contributed by atoms with Gasteiger partial charge in [0.15, 0.2) is 0 Å². The fourth-order valence-corrected chi connectivity index (χ4v) is 14.8. The monoisotopic (exact) mass is 713 g/mol. The SMILES string of the molecule is c1ccc([N](c2ccccc2)[Bi]([N](c2ccccc2)c2ccccc2)[N](c2ccccc2)c2ccccc2)cc1. The van der Waals surface area contributed by atoms with Crippen LogP contribution in [0.3, 0.4) is 0 Å². The third-order valence-corrected chi connectivity index (χ3v) is 16.1. The Morgan fingerprint density at radius 2 is 0.375 bits per heavy atom. The molecule has 3 nitrogen and oxygen atoms in total. The molecule has 0 spiro atoms. The van der Waals surface area contributed by atoms with Crippen molar-refractivity contribution in [2.24, 2.45) is 0 Å². The molecule has 0 aromatic heterocycles. The first-order chi connectivity index (χ1) is 19.9. The summed E-state index contributed by atoms with van der Waals surface area (Å²) < 4.78 is 7.86. The van der Waals surface area contributed by atoms with Crippen LogP contribution in [0, 0.1) is 0 Å². The molecule has 194 valence electrons.